The van der Waals surface area contributed by atoms with Crippen molar-refractivity contribution in [2.75, 3.05) is 19.3 Å². The Kier molecular flexibility index (Phi) is 7.19. The van der Waals surface area contributed by atoms with Gasteiger partial charge in [-0.05, 0) is 41.5 Å². The molecule has 0 amide bonds. The number of halogens is 6. The van der Waals surface area contributed by atoms with E-state index in [1.165, 1.54) is 6.26 Å². The largest absolute Gasteiger partial charge is 0.430 e. The number of nitrogens with zero attached hydrogens (tertiary/aromatic N) is 2. The molecule has 0 saturated carbocycles. The number of alkyl halides is 6. The van der Waals surface area contributed by atoms with E-state index >= 15 is 0 Å². The van der Waals surface area contributed by atoms with Gasteiger partial charge < -0.3 is 5.11 Å². The first-order valence-electron chi connectivity index (χ1n) is 11.9. The molecule has 2 bridgehead atoms. The fourth-order valence-corrected chi connectivity index (χ4v) is 6.57. The van der Waals surface area contributed by atoms with E-state index in [0.29, 0.717) is 49.3 Å². The maximum Gasteiger partial charge on any atom is 0.430 e. The molecule has 2 aromatic rings. The van der Waals surface area contributed by atoms with Gasteiger partial charge in [0, 0.05) is 37.3 Å². The van der Waals surface area contributed by atoms with E-state index in [2.05, 4.69) is 4.90 Å². The molecule has 2 unspecified atom stereocenters. The fourth-order valence-electron chi connectivity index (χ4n) is 5.41. The van der Waals surface area contributed by atoms with Crippen molar-refractivity contribution in [2.45, 2.75) is 62.8 Å². The van der Waals surface area contributed by atoms with Crippen molar-refractivity contribution in [3.63, 3.8) is 0 Å². The Balaban J connectivity index is 1.56. The lowest BCUT2D eigenvalue weighted by atomic mass is 9.89. The van der Waals surface area contributed by atoms with Crippen LogP contribution in [-0.4, -0.2) is 66.5 Å². The van der Waals surface area contributed by atoms with Crippen molar-refractivity contribution in [3.8, 4) is 11.1 Å². The van der Waals surface area contributed by atoms with Crippen molar-refractivity contribution < 1.29 is 39.9 Å². The van der Waals surface area contributed by atoms with Crippen molar-refractivity contribution in [3.05, 3.63) is 59.2 Å². The van der Waals surface area contributed by atoms with Crippen LogP contribution < -0.4 is 0 Å². The highest BCUT2D eigenvalue weighted by atomic mass is 32.2. The molecule has 0 spiro atoms. The Bertz CT molecular complexity index is 1230. The Morgan fingerprint density at radius 2 is 1.51 bits per heavy atom. The molecular formula is C25H28F6N2O3S. The smallest absolute Gasteiger partial charge is 0.369 e. The molecule has 204 valence electrons. The summed E-state index contributed by atoms with van der Waals surface area (Å²) in [6.45, 7) is 3.59. The lowest BCUT2D eigenvalue weighted by Gasteiger charge is -2.50. The molecule has 5 rings (SSSR count). The number of aliphatic hydroxyl groups is 1. The van der Waals surface area contributed by atoms with Gasteiger partial charge in [-0.25, -0.2) is 8.42 Å². The van der Waals surface area contributed by atoms with Crippen LogP contribution in [0.25, 0.3) is 11.1 Å². The summed E-state index contributed by atoms with van der Waals surface area (Å²) in [6.07, 6.45) is -8.34. The number of rotatable bonds is 6. The normalized spacial score (nSPS) is 22.0. The Morgan fingerprint density at radius 1 is 0.919 bits per heavy atom. The minimum absolute atomic E-state index is 0.0597. The predicted octanol–water partition coefficient (Wildman–Crippen LogP) is 4.84. The Hall–Kier alpha value is -2.15. The van der Waals surface area contributed by atoms with Crippen molar-refractivity contribution in [1.29, 1.82) is 0 Å². The topological polar surface area (TPSA) is 60.9 Å². The van der Waals surface area contributed by atoms with Crippen molar-refractivity contribution in [2.24, 2.45) is 0 Å². The van der Waals surface area contributed by atoms with E-state index < -0.39 is 33.5 Å². The monoisotopic (exact) mass is 550 g/mol. The highest BCUT2D eigenvalue weighted by molar-refractivity contribution is 7.88. The van der Waals surface area contributed by atoms with Crippen LogP contribution in [0.1, 0.15) is 36.5 Å². The second-order valence-corrected chi connectivity index (χ2v) is 11.7. The summed E-state index contributed by atoms with van der Waals surface area (Å²) in [5.41, 5.74) is -3.31. The van der Waals surface area contributed by atoms with Crippen LogP contribution in [-0.2, 0) is 28.6 Å². The number of hydrogen-bond donors (Lipinski definition) is 1. The summed E-state index contributed by atoms with van der Waals surface area (Å²) >= 11 is 0. The van der Waals surface area contributed by atoms with Crippen LogP contribution in [0.5, 0.6) is 0 Å². The number of aryl methyl sites for hydroxylation is 1. The minimum atomic E-state index is -5.94. The number of piperidine rings is 2. The molecule has 2 atom stereocenters. The first kappa shape index (κ1) is 27.9. The first-order valence-corrected chi connectivity index (χ1v) is 13.7. The lowest BCUT2D eigenvalue weighted by molar-refractivity contribution is -0.376. The van der Waals surface area contributed by atoms with Crippen LogP contribution in [0.2, 0.25) is 0 Å². The molecule has 37 heavy (non-hydrogen) atoms. The fraction of sp³-hybridized carbons (Fsp3) is 0.520. The Labute approximate surface area is 211 Å². The molecule has 3 saturated heterocycles. The number of fused-ring (bicyclic) bond motifs is 3. The third kappa shape index (κ3) is 5.13. The van der Waals surface area contributed by atoms with Crippen LogP contribution in [0, 0.1) is 0 Å². The van der Waals surface area contributed by atoms with Gasteiger partial charge >= 0.3 is 12.4 Å². The zero-order chi connectivity index (χ0) is 27.4. The maximum absolute atomic E-state index is 13.2. The van der Waals surface area contributed by atoms with E-state index in [0.717, 1.165) is 36.1 Å². The van der Waals surface area contributed by atoms with E-state index in [4.69, 9.17) is 0 Å². The zero-order valence-electron chi connectivity index (χ0n) is 20.3. The highest BCUT2D eigenvalue weighted by Crippen LogP contribution is 2.50. The average molecular weight is 551 g/mol. The molecule has 12 heteroatoms. The third-order valence-corrected chi connectivity index (χ3v) is 8.69. The quantitative estimate of drug-likeness (QED) is 0.524. The molecule has 0 aliphatic carbocycles. The minimum Gasteiger partial charge on any atom is -0.369 e. The van der Waals surface area contributed by atoms with E-state index in [1.807, 2.05) is 19.1 Å². The van der Waals surface area contributed by atoms with Crippen molar-refractivity contribution >= 4 is 10.0 Å². The SMILES string of the molecule is CCc1cc(CN2CC3CCC2CN3S(C)(=O)=O)ccc1-c1ccc(C(O)(C(F)(F)F)C(F)(F)F)cc1. The van der Waals surface area contributed by atoms with Crippen molar-refractivity contribution in [1.82, 2.24) is 9.21 Å². The molecular weight excluding hydrogens is 522 g/mol. The summed E-state index contributed by atoms with van der Waals surface area (Å²) in [4.78, 5) is 2.26. The number of sulfonamides is 1. The zero-order valence-corrected chi connectivity index (χ0v) is 21.1. The first-order chi connectivity index (χ1) is 17.1. The van der Waals surface area contributed by atoms with Gasteiger partial charge in [0.25, 0.3) is 5.60 Å². The molecule has 3 aliphatic heterocycles. The second-order valence-electron chi connectivity index (χ2n) is 9.78. The summed E-state index contributed by atoms with van der Waals surface area (Å²) in [5, 5.41) is 9.62. The van der Waals surface area contributed by atoms with Gasteiger partial charge in [-0.3, -0.25) is 4.90 Å². The molecule has 2 aromatic carbocycles. The van der Waals surface area contributed by atoms with Crippen LogP contribution in [0.4, 0.5) is 26.3 Å². The van der Waals surface area contributed by atoms with Gasteiger partial charge in [0.05, 0.1) is 6.26 Å². The lowest BCUT2D eigenvalue weighted by Crippen LogP contribution is -2.63. The van der Waals surface area contributed by atoms with Crippen LogP contribution >= 0.6 is 0 Å². The van der Waals surface area contributed by atoms with Gasteiger partial charge in [0.2, 0.25) is 10.0 Å². The molecule has 3 heterocycles. The van der Waals surface area contributed by atoms with Crippen LogP contribution in [0.3, 0.4) is 0 Å². The van der Waals surface area contributed by atoms with Gasteiger partial charge in [-0.15, -0.1) is 0 Å². The number of piperazine rings is 1. The van der Waals surface area contributed by atoms with E-state index in [1.54, 1.807) is 10.4 Å². The van der Waals surface area contributed by atoms with Crippen LogP contribution in [0.15, 0.2) is 42.5 Å². The van der Waals surface area contributed by atoms with Gasteiger partial charge in [0.15, 0.2) is 0 Å². The van der Waals surface area contributed by atoms with Gasteiger partial charge in [-0.1, -0.05) is 49.4 Å². The average Bonchev–Trinajstić information content (AvgIpc) is 2.82. The summed E-state index contributed by atoms with van der Waals surface area (Å²) in [5.74, 6) is 0. The molecule has 0 aromatic heterocycles. The van der Waals surface area contributed by atoms with Gasteiger partial charge in [0.1, 0.15) is 0 Å². The Morgan fingerprint density at radius 3 is 2.00 bits per heavy atom. The molecule has 5 nitrogen and oxygen atoms in total. The molecule has 3 fully saturated rings. The summed E-state index contributed by atoms with van der Waals surface area (Å²) in [6, 6.07) is 9.26. The van der Waals surface area contributed by atoms with E-state index in [-0.39, 0.29) is 12.1 Å². The summed E-state index contributed by atoms with van der Waals surface area (Å²) in [7, 11) is -3.26. The molecule has 1 N–H and O–H groups in total. The maximum atomic E-state index is 13.2. The van der Waals surface area contributed by atoms with E-state index in [9.17, 15) is 39.9 Å². The predicted molar refractivity (Wildman–Crippen MR) is 126 cm³/mol. The standard InChI is InChI=1S/C25H28F6N2O3S/c1-3-17-12-16(13-32-14-21-10-9-20(32)15-33(21)37(2,35)36)4-11-22(17)18-5-7-19(8-6-18)23(34,24(26,27)28)25(29,30)31/h4-8,11-12,20-21,34H,3,9-10,13-15H2,1-2H3. The van der Waals surface area contributed by atoms with Gasteiger partial charge in [-0.2, -0.15) is 30.6 Å². The molecule has 0 radical (unpaired) electrons. The third-order valence-electron chi connectivity index (χ3n) is 7.39. The number of benzene rings is 2. The second kappa shape index (κ2) is 9.55. The molecule has 3 aliphatic rings. The number of hydrogen-bond acceptors (Lipinski definition) is 4. The summed E-state index contributed by atoms with van der Waals surface area (Å²) < 4.78 is 105. The highest BCUT2D eigenvalue weighted by Gasteiger charge is 2.71.